The summed E-state index contributed by atoms with van der Waals surface area (Å²) in [4.78, 5) is 16.1. The Kier molecular flexibility index (Phi) is 4.36. The van der Waals surface area contributed by atoms with Crippen LogP contribution in [0.3, 0.4) is 0 Å². The molecule has 0 unspecified atom stereocenters. The first-order valence-electron chi connectivity index (χ1n) is 9.25. The lowest BCUT2D eigenvalue weighted by molar-refractivity contribution is 0.112. The third-order valence-electron chi connectivity index (χ3n) is 5.06. The van der Waals surface area contributed by atoms with E-state index in [1.54, 1.807) is 0 Å². The van der Waals surface area contributed by atoms with E-state index < -0.39 is 0 Å². The molecule has 3 heteroatoms. The Hall–Kier alpha value is -3.20. The minimum Gasteiger partial charge on any atom is -0.324 e. The van der Waals surface area contributed by atoms with Gasteiger partial charge in [0, 0.05) is 17.7 Å². The van der Waals surface area contributed by atoms with Gasteiger partial charge in [0.15, 0.2) is 0 Å². The minimum absolute atomic E-state index is 0.650. The molecule has 1 heterocycles. The number of aryl methyl sites for hydroxylation is 3. The van der Waals surface area contributed by atoms with Crippen molar-refractivity contribution in [3.8, 4) is 22.5 Å². The SMILES string of the molecule is CCn1c(-c2ccccc2-c2ccc(C)cc2C)nc2cc(C=O)ccc21. The lowest BCUT2D eigenvalue weighted by Gasteiger charge is -2.14. The standard InChI is InChI=1S/C24H22N2O/c1-4-26-23-12-10-18(15-27)14-22(23)25-24(26)21-8-6-5-7-20(21)19-11-9-16(2)13-17(19)3/h5-15H,4H2,1-3H3. The average Bonchev–Trinajstić information content (AvgIpc) is 3.05. The van der Waals surface area contributed by atoms with Gasteiger partial charge in [0.05, 0.1) is 11.0 Å². The number of carbonyl (C=O) groups excluding carboxylic acids is 1. The van der Waals surface area contributed by atoms with Gasteiger partial charge < -0.3 is 4.57 Å². The van der Waals surface area contributed by atoms with E-state index in [9.17, 15) is 4.79 Å². The van der Waals surface area contributed by atoms with Gasteiger partial charge >= 0.3 is 0 Å². The van der Waals surface area contributed by atoms with Crippen LogP contribution in [-0.2, 0) is 6.54 Å². The third-order valence-corrected chi connectivity index (χ3v) is 5.06. The molecule has 134 valence electrons. The van der Waals surface area contributed by atoms with Gasteiger partial charge in [-0.15, -0.1) is 0 Å². The average molecular weight is 354 g/mol. The monoisotopic (exact) mass is 354 g/mol. The van der Waals surface area contributed by atoms with Crippen molar-refractivity contribution < 1.29 is 4.79 Å². The molecule has 3 nitrogen and oxygen atoms in total. The summed E-state index contributed by atoms with van der Waals surface area (Å²) in [5.74, 6) is 0.936. The zero-order chi connectivity index (χ0) is 19.0. The first-order valence-corrected chi connectivity index (χ1v) is 9.25. The van der Waals surface area contributed by atoms with Gasteiger partial charge in [-0.3, -0.25) is 4.79 Å². The molecular formula is C24H22N2O. The largest absolute Gasteiger partial charge is 0.324 e. The van der Waals surface area contributed by atoms with Crippen molar-refractivity contribution in [3.63, 3.8) is 0 Å². The number of carbonyl (C=O) groups is 1. The Morgan fingerprint density at radius 2 is 1.70 bits per heavy atom. The number of aldehydes is 1. The van der Waals surface area contributed by atoms with Crippen LogP contribution in [0.4, 0.5) is 0 Å². The highest BCUT2D eigenvalue weighted by Crippen LogP contribution is 2.35. The predicted molar refractivity (Wildman–Crippen MR) is 111 cm³/mol. The van der Waals surface area contributed by atoms with Gasteiger partial charge in [-0.25, -0.2) is 4.98 Å². The summed E-state index contributed by atoms with van der Waals surface area (Å²) in [7, 11) is 0. The fourth-order valence-electron chi connectivity index (χ4n) is 3.77. The second-order valence-electron chi connectivity index (χ2n) is 6.91. The quantitative estimate of drug-likeness (QED) is 0.433. The molecule has 0 spiro atoms. The summed E-state index contributed by atoms with van der Waals surface area (Å²) >= 11 is 0. The molecule has 0 atom stereocenters. The number of imidazole rings is 1. The van der Waals surface area contributed by atoms with Crippen molar-refractivity contribution in [1.29, 1.82) is 0 Å². The molecule has 27 heavy (non-hydrogen) atoms. The lowest BCUT2D eigenvalue weighted by Crippen LogP contribution is -1.99. The molecule has 4 rings (SSSR count). The predicted octanol–water partition coefficient (Wildman–Crippen LogP) is 5.82. The smallest absolute Gasteiger partial charge is 0.150 e. The normalized spacial score (nSPS) is 11.1. The van der Waals surface area contributed by atoms with Crippen LogP contribution in [-0.4, -0.2) is 15.8 Å². The summed E-state index contributed by atoms with van der Waals surface area (Å²) in [5, 5.41) is 0. The maximum atomic E-state index is 11.2. The van der Waals surface area contributed by atoms with Crippen LogP contribution in [0.2, 0.25) is 0 Å². The van der Waals surface area contributed by atoms with Gasteiger partial charge in [0.2, 0.25) is 0 Å². The first-order chi connectivity index (χ1) is 13.1. The van der Waals surface area contributed by atoms with Gasteiger partial charge in [-0.05, 0) is 55.7 Å². The molecule has 4 aromatic rings. The van der Waals surface area contributed by atoms with Gasteiger partial charge in [-0.2, -0.15) is 0 Å². The Labute approximate surface area is 159 Å². The van der Waals surface area contributed by atoms with E-state index in [4.69, 9.17) is 4.98 Å². The lowest BCUT2D eigenvalue weighted by atomic mass is 9.94. The fraction of sp³-hybridized carbons (Fsp3) is 0.167. The maximum absolute atomic E-state index is 11.2. The van der Waals surface area contributed by atoms with Crippen LogP contribution in [0.5, 0.6) is 0 Å². The molecule has 0 N–H and O–H groups in total. The van der Waals surface area contributed by atoms with E-state index in [1.165, 1.54) is 22.3 Å². The number of aromatic nitrogens is 2. The number of rotatable bonds is 4. The molecule has 0 aliphatic rings. The number of benzene rings is 3. The van der Waals surface area contributed by atoms with Gasteiger partial charge in [0.25, 0.3) is 0 Å². The molecule has 0 aliphatic carbocycles. The van der Waals surface area contributed by atoms with Crippen molar-refractivity contribution >= 4 is 17.3 Å². The van der Waals surface area contributed by atoms with E-state index in [1.807, 2.05) is 18.2 Å². The topological polar surface area (TPSA) is 34.9 Å². The number of nitrogens with zero attached hydrogens (tertiary/aromatic N) is 2. The maximum Gasteiger partial charge on any atom is 0.150 e. The highest BCUT2D eigenvalue weighted by molar-refractivity contribution is 5.90. The molecular weight excluding hydrogens is 332 g/mol. The Morgan fingerprint density at radius 1 is 0.926 bits per heavy atom. The molecule has 0 amide bonds. The summed E-state index contributed by atoms with van der Waals surface area (Å²) in [6, 6.07) is 20.7. The molecule has 1 aromatic heterocycles. The Morgan fingerprint density at radius 3 is 2.41 bits per heavy atom. The zero-order valence-electron chi connectivity index (χ0n) is 15.9. The summed E-state index contributed by atoms with van der Waals surface area (Å²) in [6.45, 7) is 7.20. The number of fused-ring (bicyclic) bond motifs is 1. The first kappa shape index (κ1) is 17.2. The van der Waals surface area contributed by atoms with Crippen molar-refractivity contribution in [1.82, 2.24) is 9.55 Å². The summed E-state index contributed by atoms with van der Waals surface area (Å²) < 4.78 is 2.21. The van der Waals surface area contributed by atoms with Crippen LogP contribution in [0, 0.1) is 13.8 Å². The van der Waals surface area contributed by atoms with Crippen molar-refractivity contribution in [2.75, 3.05) is 0 Å². The number of hydrogen-bond acceptors (Lipinski definition) is 2. The van der Waals surface area contributed by atoms with Crippen LogP contribution in [0.15, 0.2) is 60.7 Å². The van der Waals surface area contributed by atoms with E-state index in [0.717, 1.165) is 35.3 Å². The Balaban J connectivity index is 1.98. The third kappa shape index (κ3) is 2.95. The zero-order valence-corrected chi connectivity index (χ0v) is 15.9. The van der Waals surface area contributed by atoms with E-state index in [-0.39, 0.29) is 0 Å². The molecule has 0 bridgehead atoms. The van der Waals surface area contributed by atoms with Crippen molar-refractivity contribution in [2.45, 2.75) is 27.3 Å². The van der Waals surface area contributed by atoms with Gasteiger partial charge in [0.1, 0.15) is 12.1 Å². The van der Waals surface area contributed by atoms with Crippen LogP contribution < -0.4 is 0 Å². The van der Waals surface area contributed by atoms with Crippen LogP contribution in [0.25, 0.3) is 33.5 Å². The molecule has 0 radical (unpaired) electrons. The van der Waals surface area contributed by atoms with Crippen molar-refractivity contribution in [3.05, 3.63) is 77.4 Å². The molecule has 0 aliphatic heterocycles. The second kappa shape index (κ2) is 6.84. The summed E-state index contributed by atoms with van der Waals surface area (Å²) in [5.41, 5.74) is 8.57. The highest BCUT2D eigenvalue weighted by Gasteiger charge is 2.16. The van der Waals surface area contributed by atoms with Gasteiger partial charge in [-0.1, -0.05) is 48.0 Å². The van der Waals surface area contributed by atoms with E-state index in [0.29, 0.717) is 5.56 Å². The number of hydrogen-bond donors (Lipinski definition) is 0. The van der Waals surface area contributed by atoms with Crippen LogP contribution in [0.1, 0.15) is 28.4 Å². The van der Waals surface area contributed by atoms with E-state index >= 15 is 0 Å². The molecule has 0 saturated heterocycles. The van der Waals surface area contributed by atoms with E-state index in [2.05, 4.69) is 67.8 Å². The summed E-state index contributed by atoms with van der Waals surface area (Å²) in [6.07, 6.45) is 0.869. The second-order valence-corrected chi connectivity index (χ2v) is 6.91. The Bertz CT molecular complexity index is 1150. The molecule has 0 fully saturated rings. The molecule has 0 saturated carbocycles. The fourth-order valence-corrected chi connectivity index (χ4v) is 3.77. The highest BCUT2D eigenvalue weighted by atomic mass is 16.1. The van der Waals surface area contributed by atoms with Crippen LogP contribution >= 0.6 is 0 Å². The minimum atomic E-state index is 0.650. The molecule has 3 aromatic carbocycles. The van der Waals surface area contributed by atoms with Crippen molar-refractivity contribution in [2.24, 2.45) is 0 Å².